The van der Waals surface area contributed by atoms with Gasteiger partial charge in [-0.25, -0.2) is 0 Å². The molecule has 1 aromatic rings. The molecule has 0 radical (unpaired) electrons. The van der Waals surface area contributed by atoms with Gasteiger partial charge in [0.25, 0.3) is 0 Å². The highest BCUT2D eigenvalue weighted by molar-refractivity contribution is 9.10. The maximum Gasteiger partial charge on any atom is 0.169 e. The van der Waals surface area contributed by atoms with Crippen molar-refractivity contribution in [2.75, 3.05) is 6.61 Å². The highest BCUT2D eigenvalue weighted by Crippen LogP contribution is 2.30. The normalized spacial score (nSPS) is 17.8. The fourth-order valence-electron chi connectivity index (χ4n) is 1.60. The molecule has 0 saturated carbocycles. The van der Waals surface area contributed by atoms with E-state index < -0.39 is 0 Å². The number of nitrogens with two attached hydrogens (primary N) is 1. The molecule has 0 amide bonds. The van der Waals surface area contributed by atoms with Gasteiger partial charge in [0.15, 0.2) is 4.67 Å². The molecule has 0 fully saturated rings. The molecule has 0 aromatic carbocycles. The standard InChI is InChI=1S/C10H12BrNO2/c1-6-8(4-9(11)14-6)10(12)7-2-3-13-5-7/h4-5,10H,2-3,12H2,1H3. The topological polar surface area (TPSA) is 48.4 Å². The van der Waals surface area contributed by atoms with Crippen LogP contribution < -0.4 is 5.73 Å². The van der Waals surface area contributed by atoms with Crippen LogP contribution in [0.1, 0.15) is 23.8 Å². The van der Waals surface area contributed by atoms with Crippen molar-refractivity contribution in [1.29, 1.82) is 0 Å². The summed E-state index contributed by atoms with van der Waals surface area (Å²) in [6.07, 6.45) is 2.66. The van der Waals surface area contributed by atoms with E-state index in [1.54, 1.807) is 6.26 Å². The van der Waals surface area contributed by atoms with Crippen LogP contribution in [0.3, 0.4) is 0 Å². The average Bonchev–Trinajstić information content (AvgIpc) is 2.73. The summed E-state index contributed by atoms with van der Waals surface area (Å²) in [6, 6.07) is 1.81. The number of aryl methyl sites for hydroxylation is 1. The number of halogens is 1. The zero-order valence-corrected chi connectivity index (χ0v) is 9.50. The van der Waals surface area contributed by atoms with Crippen LogP contribution in [-0.4, -0.2) is 6.61 Å². The molecule has 2 heterocycles. The van der Waals surface area contributed by atoms with Crippen LogP contribution in [0, 0.1) is 6.92 Å². The molecule has 0 aliphatic carbocycles. The van der Waals surface area contributed by atoms with Crippen LogP contribution >= 0.6 is 15.9 Å². The van der Waals surface area contributed by atoms with E-state index in [1.165, 1.54) is 0 Å². The molecule has 3 nitrogen and oxygen atoms in total. The molecule has 1 aliphatic heterocycles. The summed E-state index contributed by atoms with van der Waals surface area (Å²) >= 11 is 3.29. The Morgan fingerprint density at radius 3 is 2.86 bits per heavy atom. The third-order valence-corrected chi connectivity index (χ3v) is 2.79. The molecule has 2 N–H and O–H groups in total. The number of rotatable bonds is 2. The zero-order valence-electron chi connectivity index (χ0n) is 7.92. The Hall–Kier alpha value is -0.740. The van der Waals surface area contributed by atoms with Crippen molar-refractivity contribution in [2.24, 2.45) is 5.73 Å². The van der Waals surface area contributed by atoms with Crippen molar-refractivity contribution in [3.63, 3.8) is 0 Å². The Labute approximate surface area is 91.0 Å². The molecule has 4 heteroatoms. The Balaban J connectivity index is 2.25. The van der Waals surface area contributed by atoms with Crippen molar-refractivity contribution in [3.05, 3.63) is 33.9 Å². The molecule has 14 heavy (non-hydrogen) atoms. The largest absolute Gasteiger partial charge is 0.501 e. The number of hydrogen-bond acceptors (Lipinski definition) is 3. The molecule has 1 unspecified atom stereocenters. The lowest BCUT2D eigenvalue weighted by Crippen LogP contribution is -2.12. The Kier molecular flexibility index (Phi) is 2.65. The van der Waals surface area contributed by atoms with Crippen molar-refractivity contribution >= 4 is 15.9 Å². The Morgan fingerprint density at radius 1 is 1.57 bits per heavy atom. The molecule has 1 aliphatic rings. The molecule has 2 rings (SSSR count). The first kappa shape index (κ1) is 9.80. The average molecular weight is 258 g/mol. The first-order chi connectivity index (χ1) is 6.68. The SMILES string of the molecule is Cc1oc(Br)cc1C(N)C1=COCC1. The molecule has 0 bridgehead atoms. The van der Waals surface area contributed by atoms with Gasteiger partial charge in [-0.05, 0) is 34.5 Å². The van der Waals surface area contributed by atoms with Crippen LogP contribution in [0.4, 0.5) is 0 Å². The third kappa shape index (κ3) is 1.72. The van der Waals surface area contributed by atoms with Gasteiger partial charge < -0.3 is 14.9 Å². The van der Waals surface area contributed by atoms with E-state index in [0.717, 1.165) is 34.6 Å². The second-order valence-corrected chi connectivity index (χ2v) is 4.13. The van der Waals surface area contributed by atoms with Gasteiger partial charge in [-0.15, -0.1) is 0 Å². The summed E-state index contributed by atoms with van der Waals surface area (Å²) < 4.78 is 11.2. The van der Waals surface area contributed by atoms with E-state index in [-0.39, 0.29) is 6.04 Å². The number of ether oxygens (including phenoxy) is 1. The molecular weight excluding hydrogens is 246 g/mol. The molecule has 1 aromatic heterocycles. The predicted molar refractivity (Wildman–Crippen MR) is 56.7 cm³/mol. The summed E-state index contributed by atoms with van der Waals surface area (Å²) in [5.74, 6) is 0.858. The molecule has 0 saturated heterocycles. The van der Waals surface area contributed by atoms with Crippen molar-refractivity contribution < 1.29 is 9.15 Å². The molecule has 76 valence electrons. The third-order valence-electron chi connectivity index (χ3n) is 2.40. The second-order valence-electron chi connectivity index (χ2n) is 3.35. The lowest BCUT2D eigenvalue weighted by atomic mass is 10.00. The van der Waals surface area contributed by atoms with Gasteiger partial charge in [0.2, 0.25) is 0 Å². The Morgan fingerprint density at radius 2 is 2.36 bits per heavy atom. The molecular formula is C10H12BrNO2. The summed E-state index contributed by atoms with van der Waals surface area (Å²) in [7, 11) is 0. The fraction of sp³-hybridized carbons (Fsp3) is 0.400. The quantitative estimate of drug-likeness (QED) is 0.887. The second kappa shape index (κ2) is 3.79. The van der Waals surface area contributed by atoms with Crippen LogP contribution in [0.25, 0.3) is 0 Å². The fourth-order valence-corrected chi connectivity index (χ4v) is 2.09. The van der Waals surface area contributed by atoms with Crippen LogP contribution in [-0.2, 0) is 4.74 Å². The van der Waals surface area contributed by atoms with Gasteiger partial charge >= 0.3 is 0 Å². The van der Waals surface area contributed by atoms with Crippen LogP contribution in [0.2, 0.25) is 0 Å². The van der Waals surface area contributed by atoms with E-state index in [4.69, 9.17) is 14.9 Å². The van der Waals surface area contributed by atoms with Gasteiger partial charge in [-0.2, -0.15) is 0 Å². The monoisotopic (exact) mass is 257 g/mol. The lowest BCUT2D eigenvalue weighted by molar-refractivity contribution is 0.281. The maximum absolute atomic E-state index is 6.09. The van der Waals surface area contributed by atoms with Gasteiger partial charge in [0, 0.05) is 12.0 Å². The van der Waals surface area contributed by atoms with Crippen molar-refractivity contribution in [3.8, 4) is 0 Å². The summed E-state index contributed by atoms with van der Waals surface area (Å²) in [4.78, 5) is 0. The summed E-state index contributed by atoms with van der Waals surface area (Å²) in [5.41, 5.74) is 8.23. The van der Waals surface area contributed by atoms with E-state index in [0.29, 0.717) is 0 Å². The number of hydrogen-bond donors (Lipinski definition) is 1. The molecule has 0 spiro atoms. The minimum Gasteiger partial charge on any atom is -0.501 e. The first-order valence-electron chi connectivity index (χ1n) is 4.50. The number of furan rings is 1. The minimum absolute atomic E-state index is 0.104. The van der Waals surface area contributed by atoms with E-state index in [1.807, 2.05) is 13.0 Å². The summed E-state index contributed by atoms with van der Waals surface area (Å²) in [5, 5.41) is 0. The van der Waals surface area contributed by atoms with Gasteiger partial charge in [0.1, 0.15) is 5.76 Å². The van der Waals surface area contributed by atoms with Gasteiger partial charge in [0.05, 0.1) is 18.9 Å². The van der Waals surface area contributed by atoms with Gasteiger partial charge in [-0.1, -0.05) is 0 Å². The zero-order chi connectivity index (χ0) is 10.1. The van der Waals surface area contributed by atoms with E-state index in [2.05, 4.69) is 15.9 Å². The van der Waals surface area contributed by atoms with Gasteiger partial charge in [-0.3, -0.25) is 0 Å². The molecule has 1 atom stereocenters. The van der Waals surface area contributed by atoms with Crippen molar-refractivity contribution in [2.45, 2.75) is 19.4 Å². The smallest absolute Gasteiger partial charge is 0.169 e. The van der Waals surface area contributed by atoms with Crippen LogP contribution in [0.5, 0.6) is 0 Å². The van der Waals surface area contributed by atoms with E-state index >= 15 is 0 Å². The maximum atomic E-state index is 6.09. The first-order valence-corrected chi connectivity index (χ1v) is 5.29. The lowest BCUT2D eigenvalue weighted by Gasteiger charge is -2.09. The summed E-state index contributed by atoms with van der Waals surface area (Å²) in [6.45, 7) is 2.65. The van der Waals surface area contributed by atoms with Crippen molar-refractivity contribution in [1.82, 2.24) is 0 Å². The Bertz CT molecular complexity index is 370. The predicted octanol–water partition coefficient (Wildman–Crippen LogP) is 2.65. The van der Waals surface area contributed by atoms with E-state index in [9.17, 15) is 0 Å². The van der Waals surface area contributed by atoms with Crippen LogP contribution in [0.15, 0.2) is 27.0 Å². The minimum atomic E-state index is -0.104. The highest BCUT2D eigenvalue weighted by Gasteiger charge is 2.20. The highest BCUT2D eigenvalue weighted by atomic mass is 79.9.